The van der Waals surface area contributed by atoms with Crippen molar-refractivity contribution in [3.8, 4) is 0 Å². The normalized spacial score (nSPS) is 10.3. The molecule has 72 valence electrons. The smallest absolute Gasteiger partial charge is 1.00 e. The number of hydrogen-bond donors (Lipinski definition) is 1. The van der Waals surface area contributed by atoms with Crippen molar-refractivity contribution in [3.05, 3.63) is 12.2 Å². The van der Waals surface area contributed by atoms with Gasteiger partial charge in [-0.3, -0.25) is 9.35 Å². The van der Waals surface area contributed by atoms with Crippen LogP contribution in [-0.2, 0) is 14.9 Å². The van der Waals surface area contributed by atoms with Gasteiger partial charge in [-0.2, -0.15) is 8.42 Å². The quantitative estimate of drug-likeness (QED) is 0.325. The molecule has 0 aliphatic carbocycles. The van der Waals surface area contributed by atoms with Crippen LogP contribution in [0.1, 0.15) is 21.2 Å². The fourth-order valence-electron chi connectivity index (χ4n) is 0.629. The monoisotopic (exact) mass is 216 g/mol. The molecular formula is C7H13NaO4S. The number of carbonyl (C=O) groups excluding carboxylic acids is 1. The molecule has 4 nitrogen and oxygen atoms in total. The standard InChI is InChI=1S/C7H12O4S.Na.H/c1-6(2)7(8)4-3-5-12(9,10)11;;/h1,3-5H2,2H3,(H,9,10,11);;/q;+1;-1. The number of ketones is 1. The van der Waals surface area contributed by atoms with E-state index in [1.807, 2.05) is 0 Å². The van der Waals surface area contributed by atoms with E-state index in [0.717, 1.165) is 0 Å². The van der Waals surface area contributed by atoms with Gasteiger partial charge >= 0.3 is 29.6 Å². The molecule has 0 heterocycles. The van der Waals surface area contributed by atoms with E-state index in [1.165, 1.54) is 0 Å². The van der Waals surface area contributed by atoms with Gasteiger partial charge in [-0.15, -0.1) is 0 Å². The van der Waals surface area contributed by atoms with Crippen LogP contribution in [0, 0.1) is 0 Å². The Kier molecular flexibility index (Phi) is 8.16. The summed E-state index contributed by atoms with van der Waals surface area (Å²) in [5.41, 5.74) is 0.408. The molecule has 0 amide bonds. The van der Waals surface area contributed by atoms with Crippen LogP contribution in [0.5, 0.6) is 0 Å². The summed E-state index contributed by atoms with van der Waals surface area (Å²) in [6, 6.07) is 0. The van der Waals surface area contributed by atoms with Crippen LogP contribution in [0.25, 0.3) is 0 Å². The minimum absolute atomic E-state index is 0. The minimum atomic E-state index is -3.93. The van der Waals surface area contributed by atoms with E-state index >= 15 is 0 Å². The van der Waals surface area contributed by atoms with E-state index in [4.69, 9.17) is 4.55 Å². The van der Waals surface area contributed by atoms with Gasteiger partial charge in [0.15, 0.2) is 5.78 Å². The van der Waals surface area contributed by atoms with Gasteiger partial charge in [0.2, 0.25) is 0 Å². The summed E-state index contributed by atoms with van der Waals surface area (Å²) in [5.74, 6) is -0.537. The Morgan fingerprint density at radius 1 is 1.54 bits per heavy atom. The van der Waals surface area contributed by atoms with Crippen molar-refractivity contribution < 1.29 is 48.7 Å². The van der Waals surface area contributed by atoms with Crippen LogP contribution in [0.15, 0.2) is 12.2 Å². The largest absolute Gasteiger partial charge is 1.00 e. The summed E-state index contributed by atoms with van der Waals surface area (Å²) in [7, 11) is -3.93. The summed E-state index contributed by atoms with van der Waals surface area (Å²) < 4.78 is 28.7. The third-order valence-corrected chi connectivity index (χ3v) is 2.09. The summed E-state index contributed by atoms with van der Waals surface area (Å²) in [6.45, 7) is 4.97. The van der Waals surface area contributed by atoms with Crippen LogP contribution >= 0.6 is 0 Å². The van der Waals surface area contributed by atoms with E-state index in [0.29, 0.717) is 5.57 Å². The minimum Gasteiger partial charge on any atom is -1.00 e. The van der Waals surface area contributed by atoms with Crippen LogP contribution in [-0.4, -0.2) is 24.5 Å². The summed E-state index contributed by atoms with van der Waals surface area (Å²) >= 11 is 0. The Hall–Kier alpha value is 0.320. The van der Waals surface area contributed by atoms with E-state index in [2.05, 4.69) is 6.58 Å². The van der Waals surface area contributed by atoms with Crippen molar-refractivity contribution in [1.29, 1.82) is 0 Å². The molecule has 0 saturated heterocycles. The molecular weight excluding hydrogens is 203 g/mol. The molecule has 13 heavy (non-hydrogen) atoms. The third kappa shape index (κ3) is 10.2. The zero-order valence-electron chi connectivity index (χ0n) is 8.91. The molecule has 0 fully saturated rings. The maximum atomic E-state index is 10.9. The van der Waals surface area contributed by atoms with Gasteiger partial charge in [0.1, 0.15) is 0 Å². The van der Waals surface area contributed by atoms with Crippen molar-refractivity contribution >= 4 is 15.9 Å². The van der Waals surface area contributed by atoms with Gasteiger partial charge in [-0.1, -0.05) is 6.58 Å². The molecule has 0 atom stereocenters. The average molecular weight is 216 g/mol. The van der Waals surface area contributed by atoms with Gasteiger partial charge in [0.05, 0.1) is 5.75 Å². The molecule has 0 aliphatic rings. The van der Waals surface area contributed by atoms with Gasteiger partial charge < -0.3 is 1.43 Å². The Balaban J connectivity index is -0.000000605. The van der Waals surface area contributed by atoms with Crippen molar-refractivity contribution in [3.63, 3.8) is 0 Å². The first-order chi connectivity index (χ1) is 5.33. The van der Waals surface area contributed by atoms with Crippen molar-refractivity contribution in [2.24, 2.45) is 0 Å². The van der Waals surface area contributed by atoms with Gasteiger partial charge in [-0.05, 0) is 18.9 Å². The molecule has 0 aromatic heterocycles. The van der Waals surface area contributed by atoms with Gasteiger partial charge in [0, 0.05) is 6.42 Å². The summed E-state index contributed by atoms with van der Waals surface area (Å²) in [4.78, 5) is 10.9. The molecule has 0 spiro atoms. The second-order valence-corrected chi connectivity index (χ2v) is 4.17. The van der Waals surface area contributed by atoms with Crippen molar-refractivity contribution in [1.82, 2.24) is 0 Å². The van der Waals surface area contributed by atoms with E-state index < -0.39 is 10.1 Å². The topological polar surface area (TPSA) is 71.4 Å². The average Bonchev–Trinajstić information content (AvgIpc) is 1.84. The first kappa shape index (κ1) is 15.8. The summed E-state index contributed by atoms with van der Waals surface area (Å²) in [5, 5.41) is 0. The number of Topliss-reactive ketones (excluding diaryl/α,β-unsaturated/α-hetero) is 1. The molecule has 1 N–H and O–H groups in total. The predicted molar refractivity (Wildman–Crippen MR) is 46.6 cm³/mol. The Bertz CT molecular complexity index is 286. The second-order valence-electron chi connectivity index (χ2n) is 2.59. The number of hydrogen-bond acceptors (Lipinski definition) is 3. The fourth-order valence-corrected chi connectivity index (χ4v) is 1.14. The van der Waals surface area contributed by atoms with Crippen molar-refractivity contribution in [2.45, 2.75) is 19.8 Å². The molecule has 6 heteroatoms. The molecule has 0 radical (unpaired) electrons. The molecule has 0 aromatic carbocycles. The number of carbonyl (C=O) groups is 1. The molecule has 0 unspecified atom stereocenters. The number of rotatable bonds is 5. The van der Waals surface area contributed by atoms with Crippen LogP contribution in [0.3, 0.4) is 0 Å². The van der Waals surface area contributed by atoms with Crippen LogP contribution < -0.4 is 29.6 Å². The SMILES string of the molecule is C=C(C)C(=O)CCCS(=O)(=O)O.[H-].[Na+]. The maximum absolute atomic E-state index is 10.9. The van der Waals surface area contributed by atoms with E-state index in [-0.39, 0.29) is 55.4 Å². The molecule has 0 rings (SSSR count). The molecule has 0 aliphatic heterocycles. The first-order valence-corrected chi connectivity index (χ1v) is 5.07. The van der Waals surface area contributed by atoms with Gasteiger partial charge in [0.25, 0.3) is 10.1 Å². The van der Waals surface area contributed by atoms with Gasteiger partial charge in [-0.25, -0.2) is 0 Å². The Labute approximate surface area is 102 Å². The van der Waals surface area contributed by atoms with E-state index in [9.17, 15) is 13.2 Å². The first-order valence-electron chi connectivity index (χ1n) is 3.47. The molecule has 0 bridgehead atoms. The predicted octanol–water partition coefficient (Wildman–Crippen LogP) is -2.08. The molecule has 0 saturated carbocycles. The summed E-state index contributed by atoms with van der Waals surface area (Å²) in [6.07, 6.45) is 0.264. The van der Waals surface area contributed by atoms with Crippen LogP contribution in [0.4, 0.5) is 0 Å². The fraction of sp³-hybridized carbons (Fsp3) is 0.571. The van der Waals surface area contributed by atoms with E-state index in [1.54, 1.807) is 6.92 Å². The zero-order valence-corrected chi connectivity index (χ0v) is 10.7. The number of allylic oxidation sites excluding steroid dienone is 1. The third-order valence-electron chi connectivity index (χ3n) is 1.28. The Morgan fingerprint density at radius 3 is 2.31 bits per heavy atom. The molecule has 0 aromatic rings. The Morgan fingerprint density at radius 2 is 2.00 bits per heavy atom. The van der Waals surface area contributed by atoms with Crippen LogP contribution in [0.2, 0.25) is 0 Å². The van der Waals surface area contributed by atoms with Crippen molar-refractivity contribution in [2.75, 3.05) is 5.75 Å². The second kappa shape index (κ2) is 6.73. The maximum Gasteiger partial charge on any atom is 1.00 e. The zero-order chi connectivity index (χ0) is 9.78.